The van der Waals surface area contributed by atoms with Crippen molar-refractivity contribution in [1.29, 1.82) is 0 Å². The summed E-state index contributed by atoms with van der Waals surface area (Å²) in [6.45, 7) is 4.08. The Bertz CT molecular complexity index is 2020. The van der Waals surface area contributed by atoms with Crippen molar-refractivity contribution in [3.8, 4) is 57.5 Å². The molecule has 18 nitrogen and oxygen atoms in total. The fourth-order valence-corrected chi connectivity index (χ4v) is 5.33. The summed E-state index contributed by atoms with van der Waals surface area (Å²) in [6.07, 6.45) is 2.37. The van der Waals surface area contributed by atoms with Crippen molar-refractivity contribution in [2.75, 3.05) is 55.9 Å². The lowest BCUT2D eigenvalue weighted by Gasteiger charge is -2.15. The van der Waals surface area contributed by atoms with Crippen molar-refractivity contribution in [2.45, 2.75) is 26.7 Å². The smallest absolute Gasteiger partial charge is 0.343 e. The number of nitrogens with zero attached hydrogens (tertiary/aromatic N) is 2. The first-order valence-electron chi connectivity index (χ1n) is 18.2. The molecule has 0 unspecified atom stereocenters. The monoisotopic (exact) mass is 830 g/mol. The van der Waals surface area contributed by atoms with Gasteiger partial charge in [-0.05, 0) is 85.6 Å². The van der Waals surface area contributed by atoms with E-state index in [1.54, 1.807) is 38.1 Å². The van der Waals surface area contributed by atoms with E-state index in [0.717, 1.165) is 0 Å². The second-order valence-electron chi connectivity index (χ2n) is 12.0. The van der Waals surface area contributed by atoms with Crippen LogP contribution in [0.1, 0.15) is 58.5 Å². The molecule has 0 aliphatic rings. The van der Waals surface area contributed by atoms with Crippen LogP contribution in [0, 0.1) is 0 Å². The van der Waals surface area contributed by atoms with E-state index < -0.39 is 23.8 Å². The van der Waals surface area contributed by atoms with E-state index in [2.05, 4.69) is 21.1 Å². The van der Waals surface area contributed by atoms with Crippen molar-refractivity contribution in [3.05, 3.63) is 82.9 Å². The second-order valence-corrected chi connectivity index (χ2v) is 12.0. The number of ether oxygens (including phenoxy) is 10. The van der Waals surface area contributed by atoms with E-state index in [1.165, 1.54) is 91.5 Å². The van der Waals surface area contributed by atoms with Gasteiger partial charge in [0.25, 0.3) is 0 Å². The molecular weight excluding hydrogens is 784 g/mol. The minimum absolute atomic E-state index is 0.145. The average molecular weight is 831 g/mol. The maximum atomic E-state index is 13.1. The zero-order valence-electron chi connectivity index (χ0n) is 34.4. The number of carbonyl (C=O) groups is 4. The van der Waals surface area contributed by atoms with Crippen LogP contribution in [0.25, 0.3) is 0 Å². The van der Waals surface area contributed by atoms with Crippen LogP contribution in [0.5, 0.6) is 57.5 Å². The van der Waals surface area contributed by atoms with Crippen molar-refractivity contribution >= 4 is 36.2 Å². The first kappa shape index (κ1) is 45.2. The van der Waals surface area contributed by atoms with Crippen molar-refractivity contribution < 1.29 is 66.5 Å². The molecule has 0 aliphatic heterocycles. The quantitative estimate of drug-likeness (QED) is 0.0470. The zero-order chi connectivity index (χ0) is 43.6. The number of carbonyl (C=O) groups excluding carboxylic acids is 4. The number of amides is 2. The Morgan fingerprint density at radius 1 is 0.483 bits per heavy atom. The third-order valence-corrected chi connectivity index (χ3v) is 8.13. The van der Waals surface area contributed by atoms with Crippen LogP contribution < -0.4 is 58.2 Å². The first-order chi connectivity index (χ1) is 29.0. The van der Waals surface area contributed by atoms with Crippen LogP contribution in [0.4, 0.5) is 0 Å². The fourth-order valence-electron chi connectivity index (χ4n) is 5.33. The number of hydrazone groups is 2. The molecule has 0 heterocycles. The molecule has 318 valence electrons. The third kappa shape index (κ3) is 12.0. The molecule has 0 aromatic heterocycles. The Kier molecular flexibility index (Phi) is 16.9. The molecule has 2 N–H and O–H groups in total. The van der Waals surface area contributed by atoms with Gasteiger partial charge in [0, 0.05) is 12.8 Å². The van der Waals surface area contributed by atoms with Gasteiger partial charge in [-0.15, -0.1) is 0 Å². The van der Waals surface area contributed by atoms with E-state index >= 15 is 0 Å². The van der Waals surface area contributed by atoms with Gasteiger partial charge in [0.05, 0.1) is 79.4 Å². The van der Waals surface area contributed by atoms with Crippen LogP contribution in [0.15, 0.2) is 70.9 Å². The summed E-state index contributed by atoms with van der Waals surface area (Å²) in [5.41, 5.74) is 6.09. The van der Waals surface area contributed by atoms with Gasteiger partial charge in [-0.3, -0.25) is 9.59 Å². The van der Waals surface area contributed by atoms with Crippen molar-refractivity contribution in [1.82, 2.24) is 10.9 Å². The predicted molar refractivity (Wildman–Crippen MR) is 218 cm³/mol. The molecule has 18 heteroatoms. The van der Waals surface area contributed by atoms with Crippen LogP contribution in [-0.2, 0) is 9.59 Å². The Balaban J connectivity index is 1.29. The van der Waals surface area contributed by atoms with Crippen molar-refractivity contribution in [2.24, 2.45) is 10.2 Å². The number of esters is 2. The highest BCUT2D eigenvalue weighted by molar-refractivity contribution is 5.94. The summed E-state index contributed by atoms with van der Waals surface area (Å²) < 4.78 is 54.5. The zero-order valence-corrected chi connectivity index (χ0v) is 34.4. The van der Waals surface area contributed by atoms with E-state index in [4.69, 9.17) is 47.4 Å². The van der Waals surface area contributed by atoms with Gasteiger partial charge in [0.15, 0.2) is 46.0 Å². The molecule has 0 atom stereocenters. The standard InChI is InChI=1S/C42H46N4O14/c1-9-57-31-17-25(11-13-29(31)59-41(49)27-19-33(51-3)39(55-7)34(20-27)52-4)23-43-45-37(47)15-16-38(48)46-44-24-26-12-14-30(32(18-26)58-10-2)60-42(50)28-21-35(53-5)40(56-8)36(22-28)54-6/h11-14,17-24H,9-10,15-16H2,1-8H3,(H,45,47)(H,46,48)/b43-23+,44-24+. The Morgan fingerprint density at radius 2 is 0.833 bits per heavy atom. The summed E-state index contributed by atoms with van der Waals surface area (Å²) in [5, 5.41) is 7.91. The SMILES string of the molecule is CCOc1cc(/C=N/NC(=O)CCC(=O)N/N=C/c2ccc(OC(=O)c3cc(OC)c(OC)c(OC)c3)c(OCC)c2)ccc1OC(=O)c1cc(OC)c(OC)c(OC)c1. The maximum Gasteiger partial charge on any atom is 0.343 e. The summed E-state index contributed by atoms with van der Waals surface area (Å²) in [4.78, 5) is 51.0. The topological polar surface area (TPSA) is 209 Å². The molecule has 0 saturated heterocycles. The maximum absolute atomic E-state index is 13.1. The number of nitrogens with one attached hydrogen (secondary N) is 2. The highest BCUT2D eigenvalue weighted by atomic mass is 16.6. The largest absolute Gasteiger partial charge is 0.493 e. The number of hydrogen-bond donors (Lipinski definition) is 2. The minimum atomic E-state index is -0.696. The molecule has 2 amide bonds. The van der Waals surface area contributed by atoms with E-state index in [0.29, 0.717) is 22.6 Å². The second kappa shape index (κ2) is 22.4. The molecule has 0 spiro atoms. The highest BCUT2D eigenvalue weighted by Gasteiger charge is 2.22. The minimum Gasteiger partial charge on any atom is -0.493 e. The number of rotatable bonds is 21. The summed E-state index contributed by atoms with van der Waals surface area (Å²) in [5.74, 6) is 0.149. The lowest BCUT2D eigenvalue weighted by Crippen LogP contribution is -2.22. The van der Waals surface area contributed by atoms with Crippen LogP contribution in [0.2, 0.25) is 0 Å². The highest BCUT2D eigenvalue weighted by Crippen LogP contribution is 2.40. The molecule has 4 rings (SSSR count). The molecule has 4 aromatic carbocycles. The van der Waals surface area contributed by atoms with Crippen molar-refractivity contribution in [3.63, 3.8) is 0 Å². The molecule has 0 bridgehead atoms. The third-order valence-electron chi connectivity index (χ3n) is 8.13. The van der Waals surface area contributed by atoms with E-state index in [9.17, 15) is 19.2 Å². The molecule has 4 aromatic rings. The van der Waals surface area contributed by atoms with E-state index in [1.807, 2.05) is 0 Å². The molecule has 0 saturated carbocycles. The molecule has 0 aliphatic carbocycles. The lowest BCUT2D eigenvalue weighted by atomic mass is 10.1. The molecular formula is C42H46N4O14. The van der Waals surface area contributed by atoms with Crippen LogP contribution >= 0.6 is 0 Å². The predicted octanol–water partition coefficient (Wildman–Crippen LogP) is 5.35. The van der Waals surface area contributed by atoms with Gasteiger partial charge >= 0.3 is 11.9 Å². The fraction of sp³-hybridized carbons (Fsp3) is 0.286. The summed E-state index contributed by atoms with van der Waals surface area (Å²) in [7, 11) is 8.65. The Hall–Kier alpha value is -7.50. The van der Waals surface area contributed by atoms with Gasteiger partial charge in [-0.2, -0.15) is 10.2 Å². The summed E-state index contributed by atoms with van der Waals surface area (Å²) >= 11 is 0. The van der Waals surface area contributed by atoms with Crippen LogP contribution in [0.3, 0.4) is 0 Å². The Morgan fingerprint density at radius 3 is 1.13 bits per heavy atom. The summed E-state index contributed by atoms with van der Waals surface area (Å²) in [6, 6.07) is 15.3. The number of benzene rings is 4. The number of hydrogen-bond acceptors (Lipinski definition) is 16. The Labute approximate surface area is 346 Å². The molecule has 0 fully saturated rings. The molecule has 0 radical (unpaired) electrons. The van der Waals surface area contributed by atoms with Gasteiger partial charge in [-0.25, -0.2) is 20.4 Å². The van der Waals surface area contributed by atoms with E-state index in [-0.39, 0.29) is 83.2 Å². The molecule has 60 heavy (non-hydrogen) atoms. The van der Waals surface area contributed by atoms with Gasteiger partial charge in [0.1, 0.15) is 0 Å². The average Bonchev–Trinajstić information content (AvgIpc) is 3.26. The van der Waals surface area contributed by atoms with Gasteiger partial charge in [-0.1, -0.05) is 0 Å². The van der Waals surface area contributed by atoms with Gasteiger partial charge < -0.3 is 47.4 Å². The normalized spacial score (nSPS) is 10.7. The lowest BCUT2D eigenvalue weighted by molar-refractivity contribution is -0.126. The van der Waals surface area contributed by atoms with Crippen LogP contribution in [-0.4, -0.2) is 92.1 Å². The van der Waals surface area contributed by atoms with Gasteiger partial charge in [0.2, 0.25) is 23.3 Å². The number of methoxy groups -OCH3 is 6. The first-order valence-corrected chi connectivity index (χ1v) is 18.2.